The van der Waals surface area contributed by atoms with Gasteiger partial charge in [-0.3, -0.25) is 34.1 Å². The predicted octanol–water partition coefficient (Wildman–Crippen LogP) is 2.78. The first-order chi connectivity index (χ1) is 22.7. The number of carbonyl (C=O) groups is 3. The van der Waals surface area contributed by atoms with Crippen LogP contribution in [0.15, 0.2) is 48.7 Å². The van der Waals surface area contributed by atoms with E-state index in [0.717, 1.165) is 0 Å². The number of aromatic nitrogens is 3. The number of hydrogen-bond acceptors (Lipinski definition) is 11. The van der Waals surface area contributed by atoms with E-state index in [1.54, 1.807) is 59.2 Å². The van der Waals surface area contributed by atoms with Crippen LogP contribution in [0.3, 0.4) is 0 Å². The number of ether oxygens (including phenoxy) is 2. The Bertz CT molecular complexity index is 1780. The third-order valence-corrected chi connectivity index (χ3v) is 12.0. The van der Waals surface area contributed by atoms with Crippen LogP contribution in [-0.4, -0.2) is 74.9 Å². The Morgan fingerprint density at radius 2 is 2.00 bits per heavy atom. The minimum Gasteiger partial charge on any atom is -0.441 e. The van der Waals surface area contributed by atoms with Gasteiger partial charge in [-0.15, -0.1) is 5.10 Å². The van der Waals surface area contributed by atoms with Crippen LogP contribution in [0.4, 0.5) is 17.1 Å². The van der Waals surface area contributed by atoms with Crippen LogP contribution in [0.1, 0.15) is 43.5 Å². The molecule has 0 bridgehead atoms. The maximum Gasteiger partial charge on any atom is 0.304 e. The molecule has 0 radical (unpaired) electrons. The van der Waals surface area contributed by atoms with E-state index in [4.69, 9.17) is 9.47 Å². The molecule has 1 spiro atoms. The summed E-state index contributed by atoms with van der Waals surface area (Å²) in [5.74, 6) is -1.65. The summed E-state index contributed by atoms with van der Waals surface area (Å²) in [5, 5.41) is 29.4. The second-order valence-electron chi connectivity index (χ2n) is 13.1. The molecule has 1 aromatic heterocycles. The molecule has 16 heteroatoms. The standard InChI is InChI=1S/C32H38N6O9Si/c1-19-30(48(3,4)45)27(10-12-35-18-22(11-13-39)33-34-35)47-32(19)25-15-24(38(43)44)8-9-26(25)36(31(32)42)17-21-6-5-7-23(14-21)37-28(41)16-29(37)46-20(2)40/h5-9,14-15,18-19,27,29-30,39,45H,10-13,16-17H2,1-4H3/t19-,27+,29?,30-,32+/m0/s1. The summed E-state index contributed by atoms with van der Waals surface area (Å²) in [6, 6.07) is 11.3. The lowest BCUT2D eigenvalue weighted by Gasteiger charge is -2.39. The number of non-ortho nitro benzene ring substituents is 1. The first-order valence-corrected chi connectivity index (χ1v) is 18.9. The summed E-state index contributed by atoms with van der Waals surface area (Å²) < 4.78 is 13.7. The molecule has 2 amide bonds. The first-order valence-electron chi connectivity index (χ1n) is 15.8. The number of aliphatic hydroxyl groups is 1. The average molecular weight is 679 g/mol. The van der Waals surface area contributed by atoms with Crippen molar-refractivity contribution in [2.24, 2.45) is 5.92 Å². The third-order valence-electron chi connectivity index (χ3n) is 9.51. The molecule has 48 heavy (non-hydrogen) atoms. The number of nitro groups is 1. The number of carbonyl (C=O) groups excluding carboxylic acids is 3. The van der Waals surface area contributed by atoms with Crippen LogP contribution in [0, 0.1) is 16.0 Å². The average Bonchev–Trinajstić information content (AvgIpc) is 3.65. The number of nitrogens with zero attached hydrogens (tertiary/aromatic N) is 6. The molecule has 254 valence electrons. The van der Waals surface area contributed by atoms with Gasteiger partial charge in [0.15, 0.2) is 20.1 Å². The molecular weight excluding hydrogens is 640 g/mol. The number of amides is 2. The molecule has 2 fully saturated rings. The van der Waals surface area contributed by atoms with Crippen molar-refractivity contribution in [3.8, 4) is 0 Å². The highest BCUT2D eigenvalue weighted by molar-refractivity contribution is 6.71. The molecular formula is C32H38N6O9Si. The molecule has 1 unspecified atom stereocenters. The molecule has 4 heterocycles. The smallest absolute Gasteiger partial charge is 0.304 e. The number of anilines is 2. The summed E-state index contributed by atoms with van der Waals surface area (Å²) >= 11 is 0. The lowest BCUT2D eigenvalue weighted by molar-refractivity contribution is -0.385. The fourth-order valence-corrected chi connectivity index (χ4v) is 10.1. The van der Waals surface area contributed by atoms with Crippen LogP contribution < -0.4 is 9.80 Å². The molecule has 2 saturated heterocycles. The molecule has 2 N–H and O–H groups in total. The van der Waals surface area contributed by atoms with Crippen molar-refractivity contribution in [3.05, 3.63) is 75.6 Å². The lowest BCUT2D eigenvalue weighted by atomic mass is 9.82. The number of rotatable bonds is 11. The second-order valence-corrected chi connectivity index (χ2v) is 17.1. The normalized spacial score (nSPS) is 25.0. The Balaban J connectivity index is 1.35. The van der Waals surface area contributed by atoms with Gasteiger partial charge in [0.2, 0.25) is 5.91 Å². The predicted molar refractivity (Wildman–Crippen MR) is 173 cm³/mol. The molecule has 6 rings (SSSR count). The Morgan fingerprint density at radius 1 is 1.23 bits per heavy atom. The van der Waals surface area contributed by atoms with Gasteiger partial charge in [-0.1, -0.05) is 24.3 Å². The zero-order chi connectivity index (χ0) is 34.5. The van der Waals surface area contributed by atoms with Gasteiger partial charge in [-0.2, -0.15) is 0 Å². The van der Waals surface area contributed by atoms with Crippen molar-refractivity contribution in [2.45, 2.75) is 82.8 Å². The zero-order valence-electron chi connectivity index (χ0n) is 27.1. The van der Waals surface area contributed by atoms with E-state index < -0.39 is 54.5 Å². The Morgan fingerprint density at radius 3 is 2.67 bits per heavy atom. The van der Waals surface area contributed by atoms with Crippen molar-refractivity contribution < 1.29 is 38.7 Å². The minimum atomic E-state index is -3.00. The summed E-state index contributed by atoms with van der Waals surface area (Å²) in [6.45, 7) is 7.13. The highest BCUT2D eigenvalue weighted by Gasteiger charge is 2.66. The molecule has 0 aliphatic carbocycles. The zero-order valence-corrected chi connectivity index (χ0v) is 28.1. The Hall–Kier alpha value is -4.51. The van der Waals surface area contributed by atoms with E-state index in [0.29, 0.717) is 47.6 Å². The molecule has 2 aromatic carbocycles. The van der Waals surface area contributed by atoms with Crippen LogP contribution in [0.5, 0.6) is 0 Å². The highest BCUT2D eigenvalue weighted by atomic mass is 28.4. The quantitative estimate of drug-likeness (QED) is 0.0997. The van der Waals surface area contributed by atoms with Crippen molar-refractivity contribution in [1.29, 1.82) is 0 Å². The van der Waals surface area contributed by atoms with Gasteiger partial charge >= 0.3 is 5.97 Å². The number of nitro benzene ring substituents is 1. The summed E-state index contributed by atoms with van der Waals surface area (Å²) in [5.41, 5.74) is 0.450. The number of aryl methyl sites for hydroxylation is 1. The van der Waals surface area contributed by atoms with E-state index in [9.17, 15) is 34.4 Å². The van der Waals surface area contributed by atoms with Crippen molar-refractivity contribution in [1.82, 2.24) is 15.0 Å². The van der Waals surface area contributed by atoms with Crippen LogP contribution in [-0.2, 0) is 49.0 Å². The largest absolute Gasteiger partial charge is 0.441 e. The Kier molecular flexibility index (Phi) is 8.70. The third kappa shape index (κ3) is 5.78. The van der Waals surface area contributed by atoms with E-state index >= 15 is 0 Å². The fourth-order valence-electron chi connectivity index (χ4n) is 7.51. The maximum absolute atomic E-state index is 14.8. The van der Waals surface area contributed by atoms with Crippen molar-refractivity contribution >= 4 is 43.2 Å². The Labute approximate surface area is 277 Å². The second kappa shape index (κ2) is 12.5. The van der Waals surface area contributed by atoms with E-state index in [1.165, 1.54) is 24.0 Å². The SMILES string of the molecule is CC(=O)OC1CC(=O)N1c1cccc(CN2C(=O)[C@]3(O[C@H](CCn4cc(CCO)nn4)[C@@H]([Si](C)(C)O)[C@@H]3C)c3cc([N+](=O)[O-])ccc32)c1. The fraction of sp³-hybridized carbons (Fsp3) is 0.469. The van der Waals surface area contributed by atoms with Crippen LogP contribution in [0.2, 0.25) is 18.6 Å². The molecule has 15 nitrogen and oxygen atoms in total. The van der Waals surface area contributed by atoms with Crippen molar-refractivity contribution in [2.75, 3.05) is 16.4 Å². The molecule has 0 saturated carbocycles. The number of benzene rings is 2. The number of β-lactam (4-membered cyclic amide) rings is 1. The highest BCUT2D eigenvalue weighted by Crippen LogP contribution is 2.60. The number of hydrogen-bond donors (Lipinski definition) is 2. The summed E-state index contributed by atoms with van der Waals surface area (Å²) in [6.07, 6.45) is 1.28. The molecule has 5 atom stereocenters. The summed E-state index contributed by atoms with van der Waals surface area (Å²) in [7, 11) is -3.00. The number of aliphatic hydroxyl groups excluding tert-OH is 1. The van der Waals surface area contributed by atoms with Gasteiger partial charge in [0, 0.05) is 67.5 Å². The molecule has 3 aliphatic rings. The van der Waals surface area contributed by atoms with Crippen LogP contribution in [0.25, 0.3) is 0 Å². The van der Waals surface area contributed by atoms with E-state index in [1.807, 2.05) is 6.92 Å². The number of esters is 1. The van der Waals surface area contributed by atoms with Crippen molar-refractivity contribution in [3.63, 3.8) is 0 Å². The van der Waals surface area contributed by atoms with Gasteiger partial charge in [-0.25, -0.2) is 0 Å². The molecule has 3 aliphatic heterocycles. The van der Waals surface area contributed by atoms with E-state index in [2.05, 4.69) is 10.3 Å². The summed E-state index contributed by atoms with van der Waals surface area (Å²) in [4.78, 5) is 64.7. The number of fused-ring (bicyclic) bond motifs is 2. The van der Waals surface area contributed by atoms with Gasteiger partial charge in [-0.05, 0) is 43.3 Å². The maximum atomic E-state index is 14.8. The van der Waals surface area contributed by atoms with Gasteiger partial charge in [0.1, 0.15) is 0 Å². The molecule has 3 aromatic rings. The van der Waals surface area contributed by atoms with Gasteiger partial charge in [0.25, 0.3) is 11.6 Å². The topological polar surface area (TPSA) is 190 Å². The minimum absolute atomic E-state index is 0.0591. The van der Waals surface area contributed by atoms with Gasteiger partial charge in [0.05, 0.1) is 35.4 Å². The van der Waals surface area contributed by atoms with Gasteiger partial charge < -0.3 is 24.3 Å². The lowest BCUT2D eigenvalue weighted by Crippen LogP contribution is -2.54. The van der Waals surface area contributed by atoms with E-state index in [-0.39, 0.29) is 31.2 Å². The monoisotopic (exact) mass is 678 g/mol. The van der Waals surface area contributed by atoms with Crippen LogP contribution >= 0.6 is 0 Å². The first kappa shape index (κ1) is 33.4.